The zero-order chi connectivity index (χ0) is 12.1. The molecule has 92 valence electrons. The minimum Gasteiger partial charge on any atom is -0.326 e. The minimum atomic E-state index is 0.156. The summed E-state index contributed by atoms with van der Waals surface area (Å²) in [5.41, 5.74) is 2.20. The number of hydrogen-bond acceptors (Lipinski definition) is 1. The Balaban J connectivity index is 1.82. The van der Waals surface area contributed by atoms with Crippen LogP contribution in [0.5, 0.6) is 0 Å². The van der Waals surface area contributed by atoms with Crippen LogP contribution in [0.2, 0.25) is 0 Å². The standard InChI is InChI=1S/C14H18BrNO/c15-9-8-11-4-6-13(7-5-11)16-14(17)10-12-2-1-3-12/h4-7,12H,1-3,8-10H2,(H,16,17). The number of benzene rings is 1. The molecule has 0 aromatic heterocycles. The van der Waals surface area contributed by atoms with Crippen LogP contribution in [-0.2, 0) is 11.2 Å². The molecule has 0 spiro atoms. The molecule has 1 aliphatic carbocycles. The summed E-state index contributed by atoms with van der Waals surface area (Å²) in [5.74, 6) is 0.783. The van der Waals surface area contributed by atoms with Crippen molar-refractivity contribution < 1.29 is 4.79 Å². The van der Waals surface area contributed by atoms with Crippen LogP contribution in [-0.4, -0.2) is 11.2 Å². The van der Waals surface area contributed by atoms with Gasteiger partial charge in [-0.3, -0.25) is 4.79 Å². The molecule has 0 unspecified atom stereocenters. The highest BCUT2D eigenvalue weighted by Crippen LogP contribution is 2.29. The van der Waals surface area contributed by atoms with Gasteiger partial charge in [0.25, 0.3) is 0 Å². The van der Waals surface area contributed by atoms with Gasteiger partial charge in [0.1, 0.15) is 0 Å². The lowest BCUT2D eigenvalue weighted by Crippen LogP contribution is -2.20. The summed E-state index contributed by atoms with van der Waals surface area (Å²) in [6.45, 7) is 0. The normalized spacial score (nSPS) is 15.4. The predicted octanol–water partition coefficient (Wildman–Crippen LogP) is 3.75. The predicted molar refractivity (Wildman–Crippen MR) is 74.5 cm³/mol. The zero-order valence-electron chi connectivity index (χ0n) is 9.92. The molecule has 1 fully saturated rings. The van der Waals surface area contributed by atoms with Crippen LogP contribution < -0.4 is 5.32 Å². The quantitative estimate of drug-likeness (QED) is 0.824. The Labute approximate surface area is 111 Å². The van der Waals surface area contributed by atoms with Gasteiger partial charge in [-0.15, -0.1) is 0 Å². The second-order valence-corrected chi connectivity index (χ2v) is 5.48. The number of hydrogen-bond donors (Lipinski definition) is 1. The van der Waals surface area contributed by atoms with Gasteiger partial charge in [-0.1, -0.05) is 34.5 Å². The fraction of sp³-hybridized carbons (Fsp3) is 0.500. The molecule has 0 heterocycles. The summed E-state index contributed by atoms with van der Waals surface area (Å²) in [6.07, 6.45) is 5.44. The fourth-order valence-electron chi connectivity index (χ4n) is 2.03. The van der Waals surface area contributed by atoms with Gasteiger partial charge in [-0.25, -0.2) is 0 Å². The van der Waals surface area contributed by atoms with Crippen LogP contribution in [0.4, 0.5) is 5.69 Å². The second-order valence-electron chi connectivity index (χ2n) is 4.69. The summed E-state index contributed by atoms with van der Waals surface area (Å²) in [7, 11) is 0. The highest BCUT2D eigenvalue weighted by atomic mass is 79.9. The number of aryl methyl sites for hydroxylation is 1. The molecule has 0 atom stereocenters. The maximum atomic E-state index is 11.7. The maximum absolute atomic E-state index is 11.7. The minimum absolute atomic E-state index is 0.156. The van der Waals surface area contributed by atoms with E-state index in [0.717, 1.165) is 17.4 Å². The van der Waals surface area contributed by atoms with Crippen molar-refractivity contribution in [3.05, 3.63) is 29.8 Å². The number of alkyl halides is 1. The van der Waals surface area contributed by atoms with E-state index in [0.29, 0.717) is 12.3 Å². The average Bonchev–Trinajstić information content (AvgIpc) is 2.27. The van der Waals surface area contributed by atoms with E-state index in [1.54, 1.807) is 0 Å². The van der Waals surface area contributed by atoms with E-state index in [4.69, 9.17) is 0 Å². The SMILES string of the molecule is O=C(CC1CCC1)Nc1ccc(CCBr)cc1. The van der Waals surface area contributed by atoms with E-state index in [9.17, 15) is 4.79 Å². The van der Waals surface area contributed by atoms with E-state index < -0.39 is 0 Å². The van der Waals surface area contributed by atoms with E-state index in [-0.39, 0.29) is 5.91 Å². The summed E-state index contributed by atoms with van der Waals surface area (Å²) in [5, 5.41) is 3.93. The smallest absolute Gasteiger partial charge is 0.224 e. The molecule has 1 aromatic carbocycles. The molecule has 1 aromatic rings. The van der Waals surface area contributed by atoms with E-state index in [2.05, 4.69) is 33.4 Å². The molecule has 17 heavy (non-hydrogen) atoms. The maximum Gasteiger partial charge on any atom is 0.224 e. The van der Waals surface area contributed by atoms with Crippen molar-refractivity contribution in [2.24, 2.45) is 5.92 Å². The van der Waals surface area contributed by atoms with E-state index in [1.807, 2.05) is 12.1 Å². The lowest BCUT2D eigenvalue weighted by Gasteiger charge is -2.24. The van der Waals surface area contributed by atoms with Crippen LogP contribution >= 0.6 is 15.9 Å². The van der Waals surface area contributed by atoms with Gasteiger partial charge in [-0.05, 0) is 42.9 Å². The molecule has 0 saturated heterocycles. The fourth-order valence-corrected chi connectivity index (χ4v) is 2.49. The first-order valence-corrected chi connectivity index (χ1v) is 7.35. The van der Waals surface area contributed by atoms with Gasteiger partial charge >= 0.3 is 0 Å². The second kappa shape index (κ2) is 6.20. The molecular formula is C14H18BrNO. The Morgan fingerprint density at radius 2 is 2.00 bits per heavy atom. The molecule has 1 aliphatic rings. The lowest BCUT2D eigenvalue weighted by atomic mass is 9.83. The van der Waals surface area contributed by atoms with Crippen LogP contribution in [0, 0.1) is 5.92 Å². The summed E-state index contributed by atoms with van der Waals surface area (Å²) in [4.78, 5) is 11.7. The molecule has 0 bridgehead atoms. The molecule has 0 radical (unpaired) electrons. The zero-order valence-corrected chi connectivity index (χ0v) is 11.5. The Hall–Kier alpha value is -0.830. The summed E-state index contributed by atoms with van der Waals surface area (Å²) in [6, 6.07) is 8.10. The van der Waals surface area contributed by atoms with Crippen molar-refractivity contribution in [1.29, 1.82) is 0 Å². The Bertz CT molecular complexity index is 370. The number of anilines is 1. The molecule has 2 nitrogen and oxygen atoms in total. The van der Waals surface area contributed by atoms with Crippen molar-refractivity contribution in [1.82, 2.24) is 0 Å². The van der Waals surface area contributed by atoms with Crippen LogP contribution in [0.25, 0.3) is 0 Å². The lowest BCUT2D eigenvalue weighted by molar-refractivity contribution is -0.117. The van der Waals surface area contributed by atoms with Crippen molar-refractivity contribution in [3.8, 4) is 0 Å². The number of amides is 1. The van der Waals surface area contributed by atoms with Gasteiger partial charge in [0.15, 0.2) is 0 Å². The van der Waals surface area contributed by atoms with Crippen molar-refractivity contribution in [2.45, 2.75) is 32.1 Å². The van der Waals surface area contributed by atoms with E-state index in [1.165, 1.54) is 24.8 Å². The molecule has 1 amide bonds. The highest BCUT2D eigenvalue weighted by molar-refractivity contribution is 9.09. The van der Waals surface area contributed by atoms with Crippen molar-refractivity contribution in [3.63, 3.8) is 0 Å². The van der Waals surface area contributed by atoms with Crippen LogP contribution in [0.15, 0.2) is 24.3 Å². The third-order valence-electron chi connectivity index (χ3n) is 3.32. The van der Waals surface area contributed by atoms with E-state index >= 15 is 0 Å². The van der Waals surface area contributed by atoms with Crippen LogP contribution in [0.1, 0.15) is 31.2 Å². The van der Waals surface area contributed by atoms with Gasteiger partial charge in [0.05, 0.1) is 0 Å². The van der Waals surface area contributed by atoms with Gasteiger partial charge in [-0.2, -0.15) is 0 Å². The molecule has 1 N–H and O–H groups in total. The summed E-state index contributed by atoms with van der Waals surface area (Å²) < 4.78 is 0. The first-order valence-electron chi connectivity index (χ1n) is 6.22. The number of nitrogens with one attached hydrogen (secondary N) is 1. The first-order chi connectivity index (χ1) is 8.28. The van der Waals surface area contributed by atoms with Gasteiger partial charge in [0, 0.05) is 17.4 Å². The third kappa shape index (κ3) is 3.84. The first kappa shape index (κ1) is 12.6. The van der Waals surface area contributed by atoms with Gasteiger partial charge in [0.2, 0.25) is 5.91 Å². The molecular weight excluding hydrogens is 278 g/mol. The Kier molecular flexibility index (Phi) is 4.60. The molecule has 3 heteroatoms. The van der Waals surface area contributed by atoms with Crippen molar-refractivity contribution in [2.75, 3.05) is 10.6 Å². The largest absolute Gasteiger partial charge is 0.326 e. The Morgan fingerprint density at radius 3 is 2.53 bits per heavy atom. The molecule has 2 rings (SSSR count). The van der Waals surface area contributed by atoms with Crippen molar-refractivity contribution >= 4 is 27.5 Å². The monoisotopic (exact) mass is 295 g/mol. The highest BCUT2D eigenvalue weighted by Gasteiger charge is 2.20. The topological polar surface area (TPSA) is 29.1 Å². The number of carbonyl (C=O) groups is 1. The molecule has 1 saturated carbocycles. The third-order valence-corrected chi connectivity index (χ3v) is 3.72. The summed E-state index contributed by atoms with van der Waals surface area (Å²) >= 11 is 3.42. The number of halogens is 1. The number of carbonyl (C=O) groups excluding carboxylic acids is 1. The van der Waals surface area contributed by atoms with Crippen LogP contribution in [0.3, 0.4) is 0 Å². The average molecular weight is 296 g/mol. The van der Waals surface area contributed by atoms with Gasteiger partial charge < -0.3 is 5.32 Å². The molecule has 0 aliphatic heterocycles. The Morgan fingerprint density at radius 1 is 1.29 bits per heavy atom. The number of rotatable bonds is 5.